The first kappa shape index (κ1) is 20.4. The van der Waals surface area contributed by atoms with Crippen molar-refractivity contribution < 1.29 is 22.2 Å². The van der Waals surface area contributed by atoms with Gasteiger partial charge in [-0.1, -0.05) is 12.1 Å². The van der Waals surface area contributed by atoms with Crippen LogP contribution in [0.25, 0.3) is 0 Å². The fourth-order valence-corrected chi connectivity index (χ4v) is 5.14. The lowest BCUT2D eigenvalue weighted by molar-refractivity contribution is 0.0652. The van der Waals surface area contributed by atoms with E-state index in [1.807, 2.05) is 0 Å². The molecule has 1 aromatic heterocycles. The molecule has 0 N–H and O–H groups in total. The number of benzene rings is 1. The van der Waals surface area contributed by atoms with Crippen molar-refractivity contribution in [1.29, 1.82) is 0 Å². The number of carbonyl (C=O) groups is 2. The minimum Gasteiger partial charge on any atom is -0.274 e. The van der Waals surface area contributed by atoms with Crippen molar-refractivity contribution in [1.82, 2.24) is 18.2 Å². The molecule has 2 amide bonds. The first-order valence-electron chi connectivity index (χ1n) is 8.44. The molecule has 0 spiro atoms. The van der Waals surface area contributed by atoms with Gasteiger partial charge in [0.05, 0.1) is 33.8 Å². The van der Waals surface area contributed by atoms with E-state index in [0.717, 1.165) is 13.2 Å². The van der Waals surface area contributed by atoms with Crippen molar-refractivity contribution in [2.75, 3.05) is 26.9 Å². The summed E-state index contributed by atoms with van der Waals surface area (Å²) in [6, 6.07) is 6.61. The number of hydrogen-bond donors (Lipinski definition) is 0. The second-order valence-electron chi connectivity index (χ2n) is 6.45. The Labute approximate surface area is 165 Å². The summed E-state index contributed by atoms with van der Waals surface area (Å²) in [6.45, 7) is 0.143. The number of imidazole rings is 1. The summed E-state index contributed by atoms with van der Waals surface area (Å²) < 4.78 is 39.1. The second kappa shape index (κ2) is 7.57. The van der Waals surface area contributed by atoms with Crippen molar-refractivity contribution in [3.8, 4) is 0 Å². The molecule has 1 atom stereocenters. The van der Waals surface area contributed by atoms with Gasteiger partial charge >= 0.3 is 10.2 Å². The number of fused-ring (bicyclic) bond motifs is 1. The fraction of sp³-hybridized carbons (Fsp3) is 0.353. The average molecular weight is 425 g/mol. The van der Waals surface area contributed by atoms with Crippen LogP contribution in [0.5, 0.6) is 0 Å². The van der Waals surface area contributed by atoms with E-state index in [2.05, 4.69) is 4.98 Å². The third-order valence-corrected chi connectivity index (χ3v) is 7.11. The van der Waals surface area contributed by atoms with Gasteiger partial charge in [-0.15, -0.1) is 0 Å². The molecule has 28 heavy (non-hydrogen) atoms. The molecule has 1 aromatic carbocycles. The van der Waals surface area contributed by atoms with Gasteiger partial charge in [-0.05, 0) is 25.0 Å². The molecule has 1 aliphatic rings. The number of imide groups is 1. The van der Waals surface area contributed by atoms with E-state index in [0.29, 0.717) is 23.2 Å². The predicted octanol–water partition coefficient (Wildman–Crippen LogP) is 0.504. The van der Waals surface area contributed by atoms with Gasteiger partial charge < -0.3 is 0 Å². The number of aryl methyl sites for hydroxylation is 1. The van der Waals surface area contributed by atoms with Gasteiger partial charge in [0.2, 0.25) is 5.16 Å². The lowest BCUT2D eigenvalue weighted by Crippen LogP contribution is -2.32. The smallest absolute Gasteiger partial charge is 0.274 e. The number of nitrogens with zero attached hydrogens (tertiary/aromatic N) is 4. The summed E-state index contributed by atoms with van der Waals surface area (Å²) in [5.74, 6) is -0.712. The maximum atomic E-state index is 12.6. The van der Waals surface area contributed by atoms with E-state index in [-0.39, 0.29) is 29.9 Å². The Morgan fingerprint density at radius 1 is 1.11 bits per heavy atom. The first-order chi connectivity index (χ1) is 13.2. The molecule has 3 rings (SSSR count). The molecule has 150 valence electrons. The minimum absolute atomic E-state index is 0.0653. The number of amides is 2. The highest BCUT2D eigenvalue weighted by molar-refractivity contribution is 7.89. The normalized spacial score (nSPS) is 15.4. The average Bonchev–Trinajstić information content (AvgIpc) is 3.18. The lowest BCUT2D eigenvalue weighted by atomic mass is 10.1. The second-order valence-corrected chi connectivity index (χ2v) is 9.72. The highest BCUT2D eigenvalue weighted by atomic mass is 32.2. The lowest BCUT2D eigenvalue weighted by Gasteiger charge is -2.17. The quantitative estimate of drug-likeness (QED) is 0.599. The van der Waals surface area contributed by atoms with Gasteiger partial charge in [-0.25, -0.2) is 8.96 Å². The topological polar surface area (TPSA) is 110 Å². The number of carbonyl (C=O) groups excluding carboxylic acids is 2. The van der Waals surface area contributed by atoms with Crippen LogP contribution < -0.4 is 0 Å². The highest BCUT2D eigenvalue weighted by Gasteiger charge is 2.34. The van der Waals surface area contributed by atoms with Crippen LogP contribution in [0.15, 0.2) is 35.6 Å². The zero-order valence-electron chi connectivity index (χ0n) is 15.7. The third-order valence-electron chi connectivity index (χ3n) is 4.40. The van der Waals surface area contributed by atoms with Crippen molar-refractivity contribution in [3.63, 3.8) is 0 Å². The van der Waals surface area contributed by atoms with E-state index < -0.39 is 21.0 Å². The van der Waals surface area contributed by atoms with E-state index in [4.69, 9.17) is 0 Å². The van der Waals surface area contributed by atoms with Gasteiger partial charge in [0.15, 0.2) is 0 Å². The summed E-state index contributed by atoms with van der Waals surface area (Å²) >= 11 is 0. The van der Waals surface area contributed by atoms with Crippen LogP contribution in [0.3, 0.4) is 0 Å². The van der Waals surface area contributed by atoms with Crippen LogP contribution in [0.2, 0.25) is 0 Å². The Kier molecular flexibility index (Phi) is 5.50. The van der Waals surface area contributed by atoms with Crippen LogP contribution in [-0.4, -0.2) is 69.5 Å². The molecule has 2 aromatic rings. The van der Waals surface area contributed by atoms with Crippen molar-refractivity contribution >= 4 is 32.8 Å². The van der Waals surface area contributed by atoms with Crippen LogP contribution >= 0.6 is 0 Å². The molecule has 0 saturated heterocycles. The summed E-state index contributed by atoms with van der Waals surface area (Å²) in [5, 5.41) is -0.0653. The Hall–Kier alpha value is -2.37. The van der Waals surface area contributed by atoms with Crippen LogP contribution in [0.1, 0.15) is 32.8 Å². The number of rotatable bonds is 7. The van der Waals surface area contributed by atoms with E-state index in [9.17, 15) is 22.2 Å². The molecule has 0 aliphatic carbocycles. The highest BCUT2D eigenvalue weighted by Crippen LogP contribution is 2.23. The summed E-state index contributed by atoms with van der Waals surface area (Å²) in [4.78, 5) is 30.0. The fourth-order valence-electron chi connectivity index (χ4n) is 2.99. The van der Waals surface area contributed by atoms with Gasteiger partial charge in [0.1, 0.15) is 0 Å². The molecular weight excluding hydrogens is 404 g/mol. The largest absolute Gasteiger partial charge is 0.309 e. The molecule has 0 radical (unpaired) electrons. The number of aromatic nitrogens is 2. The van der Waals surface area contributed by atoms with Crippen LogP contribution in [0, 0.1) is 0 Å². The van der Waals surface area contributed by atoms with E-state index >= 15 is 0 Å². The Bertz CT molecular complexity index is 1040. The summed E-state index contributed by atoms with van der Waals surface area (Å²) in [5.41, 5.74) is 1.09. The summed E-state index contributed by atoms with van der Waals surface area (Å²) in [6.07, 6.45) is 3.30. The molecule has 0 fully saturated rings. The number of hydrogen-bond acceptors (Lipinski definition) is 6. The zero-order valence-corrected chi connectivity index (χ0v) is 17.3. The van der Waals surface area contributed by atoms with Crippen molar-refractivity contribution in [2.24, 2.45) is 0 Å². The third kappa shape index (κ3) is 3.40. The monoisotopic (exact) mass is 424 g/mol. The standard InChI is InChI=1S/C17H20N4O5S2/c1-19(2)28(25,26)21-12(11-18-17(21)27(3)24)7-6-10-20-15(22)13-8-4-5-9-14(13)16(20)23/h4-5,8-9,11H,6-7,10H2,1-3H3. The van der Waals surface area contributed by atoms with Gasteiger partial charge in [-0.2, -0.15) is 12.7 Å². The maximum absolute atomic E-state index is 12.6. The molecule has 11 heteroatoms. The first-order valence-corrected chi connectivity index (χ1v) is 11.4. The molecule has 2 heterocycles. The van der Waals surface area contributed by atoms with Crippen LogP contribution in [0.4, 0.5) is 0 Å². The van der Waals surface area contributed by atoms with Crippen molar-refractivity contribution in [3.05, 3.63) is 47.3 Å². The zero-order chi connectivity index (χ0) is 20.6. The molecular formula is C17H20N4O5S2. The maximum Gasteiger partial charge on any atom is 0.309 e. The van der Waals surface area contributed by atoms with Crippen molar-refractivity contribution in [2.45, 2.75) is 18.0 Å². The van der Waals surface area contributed by atoms with Gasteiger partial charge in [0, 0.05) is 26.9 Å². The van der Waals surface area contributed by atoms with Gasteiger partial charge in [-0.3, -0.25) is 18.7 Å². The SMILES string of the molecule is CN(C)S(=O)(=O)n1c(CCCN2C(=O)c3ccccc3C2=O)cnc1S(C)=O. The van der Waals surface area contributed by atoms with Gasteiger partial charge in [0.25, 0.3) is 11.8 Å². The predicted molar refractivity (Wildman–Crippen MR) is 103 cm³/mol. The van der Waals surface area contributed by atoms with Crippen LogP contribution in [-0.2, 0) is 27.4 Å². The molecule has 9 nitrogen and oxygen atoms in total. The minimum atomic E-state index is -3.91. The molecule has 1 unspecified atom stereocenters. The Morgan fingerprint density at radius 3 is 2.18 bits per heavy atom. The van der Waals surface area contributed by atoms with E-state index in [1.54, 1.807) is 24.3 Å². The molecule has 1 aliphatic heterocycles. The molecule has 0 bridgehead atoms. The van der Waals surface area contributed by atoms with E-state index in [1.165, 1.54) is 26.5 Å². The summed E-state index contributed by atoms with van der Waals surface area (Å²) in [7, 11) is -2.76. The molecule has 0 saturated carbocycles. The Balaban J connectivity index is 1.79. The Morgan fingerprint density at radius 2 is 1.68 bits per heavy atom.